The summed E-state index contributed by atoms with van der Waals surface area (Å²) >= 11 is 0. The highest BCUT2D eigenvalue weighted by Crippen LogP contribution is 2.27. The molecule has 1 aliphatic rings. The maximum atomic E-state index is 10.9. The van der Waals surface area contributed by atoms with Gasteiger partial charge < -0.3 is 4.74 Å². The van der Waals surface area contributed by atoms with Crippen molar-refractivity contribution in [2.24, 2.45) is 5.92 Å². The zero-order valence-electron chi connectivity index (χ0n) is 6.84. The summed E-state index contributed by atoms with van der Waals surface area (Å²) in [5.41, 5.74) is 0. The molecule has 0 heterocycles. The number of rotatable bonds is 3. The van der Waals surface area contributed by atoms with Crippen LogP contribution in [0.4, 0.5) is 0 Å². The van der Waals surface area contributed by atoms with Gasteiger partial charge in [-0.2, -0.15) is 0 Å². The molecule has 2 heteroatoms. The second-order valence-electron chi connectivity index (χ2n) is 3.08. The van der Waals surface area contributed by atoms with E-state index in [1.54, 1.807) is 0 Å². The molecule has 1 fully saturated rings. The lowest BCUT2D eigenvalue weighted by atomic mass is 10.1. The zero-order valence-corrected chi connectivity index (χ0v) is 6.84. The van der Waals surface area contributed by atoms with E-state index in [1.807, 2.05) is 0 Å². The van der Waals surface area contributed by atoms with Gasteiger partial charge in [0.05, 0.1) is 6.61 Å². The van der Waals surface area contributed by atoms with Gasteiger partial charge in [0.2, 0.25) is 0 Å². The van der Waals surface area contributed by atoms with Gasteiger partial charge in [0, 0.05) is 6.42 Å². The van der Waals surface area contributed by atoms with E-state index >= 15 is 0 Å². The number of carbonyl (C=O) groups excluding carboxylic acids is 1. The first-order valence-corrected chi connectivity index (χ1v) is 4.28. The molecule has 0 spiro atoms. The molecule has 1 aliphatic carbocycles. The number of esters is 1. The second-order valence-corrected chi connectivity index (χ2v) is 3.08. The van der Waals surface area contributed by atoms with Crippen LogP contribution in [-0.4, -0.2) is 12.6 Å². The second kappa shape index (κ2) is 4.37. The van der Waals surface area contributed by atoms with Crippen LogP contribution in [0.1, 0.15) is 32.1 Å². The molecule has 0 aliphatic heterocycles. The van der Waals surface area contributed by atoms with Crippen LogP contribution >= 0.6 is 0 Å². The van der Waals surface area contributed by atoms with Crippen molar-refractivity contribution >= 4 is 5.97 Å². The Bertz CT molecular complexity index is 126. The Morgan fingerprint density at radius 2 is 2.09 bits per heavy atom. The first-order chi connectivity index (χ1) is 5.33. The Labute approximate surface area is 67.9 Å². The van der Waals surface area contributed by atoms with Crippen molar-refractivity contribution < 1.29 is 9.53 Å². The highest BCUT2D eigenvalue weighted by Gasteiger charge is 2.18. The van der Waals surface area contributed by atoms with Gasteiger partial charge in [-0.25, -0.2) is 0 Å². The van der Waals surface area contributed by atoms with E-state index in [0.717, 1.165) is 0 Å². The Morgan fingerprint density at radius 3 is 2.64 bits per heavy atom. The third-order valence-electron chi connectivity index (χ3n) is 2.19. The average molecular weight is 155 g/mol. The number of carbonyl (C=O) groups is 1. The normalized spacial score (nSPS) is 18.6. The topological polar surface area (TPSA) is 26.3 Å². The van der Waals surface area contributed by atoms with Gasteiger partial charge in [-0.15, -0.1) is 0 Å². The van der Waals surface area contributed by atoms with Crippen LogP contribution in [0.3, 0.4) is 0 Å². The van der Waals surface area contributed by atoms with Crippen molar-refractivity contribution in [3.05, 3.63) is 6.92 Å². The molecule has 11 heavy (non-hydrogen) atoms. The van der Waals surface area contributed by atoms with Crippen molar-refractivity contribution in [3.8, 4) is 0 Å². The van der Waals surface area contributed by atoms with Crippen molar-refractivity contribution in [2.45, 2.75) is 32.1 Å². The quantitative estimate of drug-likeness (QED) is 0.582. The van der Waals surface area contributed by atoms with Crippen molar-refractivity contribution in [2.75, 3.05) is 6.61 Å². The molecule has 0 amide bonds. The predicted molar refractivity (Wildman–Crippen MR) is 42.9 cm³/mol. The van der Waals surface area contributed by atoms with Crippen LogP contribution in [0.15, 0.2) is 0 Å². The third-order valence-corrected chi connectivity index (χ3v) is 2.19. The third kappa shape index (κ3) is 2.91. The summed E-state index contributed by atoms with van der Waals surface area (Å²) in [7, 11) is 0. The summed E-state index contributed by atoms with van der Waals surface area (Å²) in [6, 6.07) is 0. The molecule has 0 atom stereocenters. The van der Waals surface area contributed by atoms with Gasteiger partial charge in [-0.05, 0) is 25.7 Å². The minimum Gasteiger partial charge on any atom is -0.466 e. The van der Waals surface area contributed by atoms with Gasteiger partial charge in [0.1, 0.15) is 0 Å². The van der Waals surface area contributed by atoms with E-state index in [2.05, 4.69) is 6.92 Å². The van der Waals surface area contributed by atoms with Gasteiger partial charge in [0.15, 0.2) is 0 Å². The molecule has 63 valence electrons. The van der Waals surface area contributed by atoms with Crippen LogP contribution in [0, 0.1) is 12.8 Å². The van der Waals surface area contributed by atoms with Gasteiger partial charge in [0.25, 0.3) is 0 Å². The minimum atomic E-state index is -0.0769. The van der Waals surface area contributed by atoms with E-state index in [1.165, 1.54) is 25.7 Å². The smallest absolute Gasteiger partial charge is 0.306 e. The van der Waals surface area contributed by atoms with Crippen LogP contribution in [0.5, 0.6) is 0 Å². The SMILES string of the molecule is [CH2]COC(=O)CC1CCCC1. The van der Waals surface area contributed by atoms with Crippen LogP contribution < -0.4 is 0 Å². The fourth-order valence-corrected chi connectivity index (χ4v) is 1.62. The first kappa shape index (κ1) is 8.57. The highest BCUT2D eigenvalue weighted by molar-refractivity contribution is 5.69. The number of hydrogen-bond acceptors (Lipinski definition) is 2. The van der Waals surface area contributed by atoms with Gasteiger partial charge >= 0.3 is 5.97 Å². The molecular weight excluding hydrogens is 140 g/mol. The van der Waals surface area contributed by atoms with Crippen LogP contribution in [0.2, 0.25) is 0 Å². The maximum absolute atomic E-state index is 10.9. The summed E-state index contributed by atoms with van der Waals surface area (Å²) in [6.45, 7) is 3.73. The van der Waals surface area contributed by atoms with Crippen molar-refractivity contribution in [1.82, 2.24) is 0 Å². The molecule has 1 saturated carbocycles. The Morgan fingerprint density at radius 1 is 1.45 bits per heavy atom. The molecule has 0 bridgehead atoms. The first-order valence-electron chi connectivity index (χ1n) is 4.28. The highest BCUT2D eigenvalue weighted by atomic mass is 16.5. The predicted octanol–water partition coefficient (Wildman–Crippen LogP) is 1.94. The van der Waals surface area contributed by atoms with E-state index in [9.17, 15) is 4.79 Å². The van der Waals surface area contributed by atoms with E-state index in [0.29, 0.717) is 12.3 Å². The molecule has 0 aromatic heterocycles. The lowest BCUT2D eigenvalue weighted by Gasteiger charge is -2.06. The number of ether oxygens (including phenoxy) is 1. The van der Waals surface area contributed by atoms with E-state index in [4.69, 9.17) is 4.74 Å². The lowest BCUT2D eigenvalue weighted by molar-refractivity contribution is -0.143. The Balaban J connectivity index is 2.13. The molecule has 1 radical (unpaired) electrons. The fraction of sp³-hybridized carbons (Fsp3) is 0.778. The number of hydrogen-bond donors (Lipinski definition) is 0. The Kier molecular flexibility index (Phi) is 3.40. The molecule has 0 aromatic carbocycles. The monoisotopic (exact) mass is 155 g/mol. The van der Waals surface area contributed by atoms with E-state index < -0.39 is 0 Å². The summed E-state index contributed by atoms with van der Waals surface area (Å²) in [4.78, 5) is 10.9. The molecular formula is C9H15O2. The molecule has 0 unspecified atom stereocenters. The average Bonchev–Trinajstić information content (AvgIpc) is 2.40. The van der Waals surface area contributed by atoms with Crippen molar-refractivity contribution in [1.29, 1.82) is 0 Å². The summed E-state index contributed by atoms with van der Waals surface area (Å²) < 4.78 is 4.75. The molecule has 1 rings (SSSR count). The molecule has 2 nitrogen and oxygen atoms in total. The molecule has 0 saturated heterocycles. The minimum absolute atomic E-state index is 0.0769. The van der Waals surface area contributed by atoms with Gasteiger partial charge in [-0.3, -0.25) is 4.79 Å². The maximum Gasteiger partial charge on any atom is 0.306 e. The summed E-state index contributed by atoms with van der Waals surface area (Å²) in [6.07, 6.45) is 5.57. The van der Waals surface area contributed by atoms with Crippen molar-refractivity contribution in [3.63, 3.8) is 0 Å². The van der Waals surface area contributed by atoms with Crippen LogP contribution in [0.25, 0.3) is 0 Å². The van der Waals surface area contributed by atoms with E-state index in [-0.39, 0.29) is 12.6 Å². The molecule has 0 N–H and O–H groups in total. The zero-order chi connectivity index (χ0) is 8.10. The van der Waals surface area contributed by atoms with Gasteiger partial charge in [-0.1, -0.05) is 12.8 Å². The molecule has 0 aromatic rings. The summed E-state index contributed by atoms with van der Waals surface area (Å²) in [5.74, 6) is 0.515. The fourth-order valence-electron chi connectivity index (χ4n) is 1.62. The largest absolute Gasteiger partial charge is 0.466 e. The van der Waals surface area contributed by atoms with Crippen LogP contribution in [-0.2, 0) is 9.53 Å². The lowest BCUT2D eigenvalue weighted by Crippen LogP contribution is -2.08. The standard InChI is InChI=1S/C9H15O2/c1-2-11-9(10)7-8-5-3-4-6-8/h8H,1-7H2. The Hall–Kier alpha value is -0.530. The summed E-state index contributed by atoms with van der Waals surface area (Å²) in [5, 5.41) is 0.